The Kier molecular flexibility index (Phi) is 3.30. The standard InChI is InChI=1S/C13H16F2N2O2S/c14-10-2-1-3-11(15)13(10)20(18,19)17-6-8-4-5-12(16)9(8)7-17/h1-3,8-9,12H,4-7,16H2. The molecule has 3 unspecified atom stereocenters. The van der Waals surface area contributed by atoms with E-state index in [-0.39, 0.29) is 24.4 Å². The first-order valence-electron chi connectivity index (χ1n) is 6.61. The Morgan fingerprint density at radius 3 is 2.40 bits per heavy atom. The molecule has 1 aromatic rings. The van der Waals surface area contributed by atoms with Gasteiger partial charge in [0.1, 0.15) is 11.6 Å². The van der Waals surface area contributed by atoms with E-state index in [2.05, 4.69) is 0 Å². The first-order valence-corrected chi connectivity index (χ1v) is 8.05. The minimum Gasteiger partial charge on any atom is -0.327 e. The van der Waals surface area contributed by atoms with E-state index >= 15 is 0 Å². The highest BCUT2D eigenvalue weighted by molar-refractivity contribution is 7.89. The predicted octanol–water partition coefficient (Wildman–Crippen LogP) is 1.32. The maximum atomic E-state index is 13.7. The fourth-order valence-electron chi connectivity index (χ4n) is 3.32. The van der Waals surface area contributed by atoms with E-state index in [0.717, 1.165) is 31.0 Å². The maximum absolute atomic E-state index is 13.7. The molecular weight excluding hydrogens is 286 g/mol. The normalized spacial score (nSPS) is 30.6. The van der Waals surface area contributed by atoms with Crippen molar-refractivity contribution in [3.63, 3.8) is 0 Å². The van der Waals surface area contributed by atoms with Crippen LogP contribution in [0.4, 0.5) is 8.78 Å². The number of sulfonamides is 1. The van der Waals surface area contributed by atoms with Crippen molar-refractivity contribution in [3.8, 4) is 0 Å². The highest BCUT2D eigenvalue weighted by Gasteiger charge is 2.46. The van der Waals surface area contributed by atoms with Gasteiger partial charge in [-0.2, -0.15) is 4.31 Å². The van der Waals surface area contributed by atoms with Gasteiger partial charge in [0.15, 0.2) is 4.90 Å². The predicted molar refractivity (Wildman–Crippen MR) is 69.3 cm³/mol. The molecule has 0 spiro atoms. The second kappa shape index (κ2) is 4.75. The number of hydrogen-bond donors (Lipinski definition) is 1. The van der Waals surface area contributed by atoms with Gasteiger partial charge in [-0.1, -0.05) is 6.07 Å². The van der Waals surface area contributed by atoms with E-state index < -0.39 is 26.6 Å². The maximum Gasteiger partial charge on any atom is 0.248 e. The van der Waals surface area contributed by atoms with Crippen molar-refractivity contribution >= 4 is 10.0 Å². The van der Waals surface area contributed by atoms with Crippen molar-refractivity contribution in [2.45, 2.75) is 23.8 Å². The van der Waals surface area contributed by atoms with Crippen molar-refractivity contribution in [1.29, 1.82) is 0 Å². The van der Waals surface area contributed by atoms with E-state index in [9.17, 15) is 17.2 Å². The molecule has 1 heterocycles. The van der Waals surface area contributed by atoms with Crippen molar-refractivity contribution in [2.75, 3.05) is 13.1 Å². The van der Waals surface area contributed by atoms with Crippen LogP contribution in [0.3, 0.4) is 0 Å². The molecule has 1 aliphatic carbocycles. The van der Waals surface area contributed by atoms with Crippen LogP contribution < -0.4 is 5.73 Å². The summed E-state index contributed by atoms with van der Waals surface area (Å²) in [5.41, 5.74) is 5.95. The number of rotatable bonds is 2. The third kappa shape index (κ3) is 2.04. The van der Waals surface area contributed by atoms with Crippen LogP contribution >= 0.6 is 0 Å². The van der Waals surface area contributed by atoms with Gasteiger partial charge < -0.3 is 5.73 Å². The second-order valence-electron chi connectivity index (χ2n) is 5.54. The molecule has 2 N–H and O–H groups in total. The minimum absolute atomic E-state index is 0.0225. The Labute approximate surface area is 116 Å². The molecule has 1 saturated carbocycles. The summed E-state index contributed by atoms with van der Waals surface area (Å²) in [5, 5.41) is 0. The molecule has 0 aromatic heterocycles. The molecule has 2 aliphatic rings. The lowest BCUT2D eigenvalue weighted by molar-refractivity contribution is 0.419. The Bertz CT molecular complexity index is 615. The highest BCUT2D eigenvalue weighted by atomic mass is 32.2. The van der Waals surface area contributed by atoms with Gasteiger partial charge >= 0.3 is 0 Å². The van der Waals surface area contributed by atoms with Crippen LogP contribution in [-0.4, -0.2) is 31.9 Å². The summed E-state index contributed by atoms with van der Waals surface area (Å²) >= 11 is 0. The third-order valence-electron chi connectivity index (χ3n) is 4.40. The Morgan fingerprint density at radius 2 is 1.80 bits per heavy atom. The van der Waals surface area contributed by atoms with Crippen LogP contribution in [0.15, 0.2) is 23.1 Å². The zero-order valence-corrected chi connectivity index (χ0v) is 11.6. The van der Waals surface area contributed by atoms with E-state index in [4.69, 9.17) is 5.73 Å². The van der Waals surface area contributed by atoms with E-state index in [0.29, 0.717) is 6.54 Å². The SMILES string of the molecule is NC1CCC2CN(S(=O)(=O)c3c(F)cccc3F)CC12. The smallest absolute Gasteiger partial charge is 0.248 e. The average molecular weight is 302 g/mol. The number of hydrogen-bond acceptors (Lipinski definition) is 3. The van der Waals surface area contributed by atoms with E-state index in [1.807, 2.05) is 0 Å². The number of nitrogens with zero attached hydrogens (tertiary/aromatic N) is 1. The number of nitrogens with two attached hydrogens (primary N) is 1. The highest BCUT2D eigenvalue weighted by Crippen LogP contribution is 2.39. The van der Waals surface area contributed by atoms with Gasteiger partial charge in [0.05, 0.1) is 0 Å². The van der Waals surface area contributed by atoms with Gasteiger partial charge in [-0.25, -0.2) is 17.2 Å². The van der Waals surface area contributed by atoms with Gasteiger partial charge in [0.2, 0.25) is 10.0 Å². The molecule has 20 heavy (non-hydrogen) atoms. The van der Waals surface area contributed by atoms with Gasteiger partial charge in [0, 0.05) is 19.1 Å². The average Bonchev–Trinajstić information content (AvgIpc) is 2.92. The fraction of sp³-hybridized carbons (Fsp3) is 0.538. The molecule has 1 aromatic carbocycles. The van der Waals surface area contributed by atoms with Crippen LogP contribution in [0, 0.1) is 23.5 Å². The molecule has 0 bridgehead atoms. The first kappa shape index (κ1) is 13.9. The minimum atomic E-state index is -4.14. The lowest BCUT2D eigenvalue weighted by Crippen LogP contribution is -2.34. The molecular formula is C13H16F2N2O2S. The summed E-state index contributed by atoms with van der Waals surface area (Å²) in [6.45, 7) is 0.552. The second-order valence-corrected chi connectivity index (χ2v) is 7.41. The molecule has 7 heteroatoms. The Balaban J connectivity index is 1.94. The van der Waals surface area contributed by atoms with Gasteiger partial charge in [0.25, 0.3) is 0 Å². The zero-order chi connectivity index (χ0) is 14.5. The number of fused-ring (bicyclic) bond motifs is 1. The molecule has 1 aliphatic heterocycles. The third-order valence-corrected chi connectivity index (χ3v) is 6.28. The van der Waals surface area contributed by atoms with Crippen molar-refractivity contribution < 1.29 is 17.2 Å². The molecule has 0 amide bonds. The molecule has 110 valence electrons. The van der Waals surface area contributed by atoms with Crippen molar-refractivity contribution in [3.05, 3.63) is 29.8 Å². The molecule has 4 nitrogen and oxygen atoms in total. The molecule has 3 rings (SSSR count). The summed E-state index contributed by atoms with van der Waals surface area (Å²) in [7, 11) is -4.14. The topological polar surface area (TPSA) is 63.4 Å². The van der Waals surface area contributed by atoms with Crippen LogP contribution in [-0.2, 0) is 10.0 Å². The van der Waals surface area contributed by atoms with Crippen molar-refractivity contribution in [1.82, 2.24) is 4.31 Å². The van der Waals surface area contributed by atoms with Crippen LogP contribution in [0.5, 0.6) is 0 Å². The molecule has 0 radical (unpaired) electrons. The molecule has 3 atom stereocenters. The zero-order valence-electron chi connectivity index (χ0n) is 10.8. The van der Waals surface area contributed by atoms with Crippen molar-refractivity contribution in [2.24, 2.45) is 17.6 Å². The lowest BCUT2D eigenvalue weighted by atomic mass is 9.98. The van der Waals surface area contributed by atoms with Gasteiger partial charge in [-0.3, -0.25) is 0 Å². The summed E-state index contributed by atoms with van der Waals surface area (Å²) < 4.78 is 53.4. The van der Waals surface area contributed by atoms with Crippen LogP contribution in [0.1, 0.15) is 12.8 Å². The summed E-state index contributed by atoms with van der Waals surface area (Å²) in [4.78, 5) is -0.853. The number of benzene rings is 1. The fourth-order valence-corrected chi connectivity index (χ4v) is 4.96. The quantitative estimate of drug-likeness (QED) is 0.896. The van der Waals surface area contributed by atoms with E-state index in [1.165, 1.54) is 4.31 Å². The lowest BCUT2D eigenvalue weighted by Gasteiger charge is -2.19. The molecule has 1 saturated heterocycles. The Hall–Kier alpha value is -1.05. The van der Waals surface area contributed by atoms with Gasteiger partial charge in [-0.05, 0) is 36.8 Å². The monoisotopic (exact) mass is 302 g/mol. The first-order chi connectivity index (χ1) is 9.41. The largest absolute Gasteiger partial charge is 0.327 e. The van der Waals surface area contributed by atoms with Crippen LogP contribution in [0.2, 0.25) is 0 Å². The van der Waals surface area contributed by atoms with E-state index in [1.54, 1.807) is 0 Å². The summed E-state index contributed by atoms with van der Waals surface area (Å²) in [6, 6.07) is 3.04. The summed E-state index contributed by atoms with van der Waals surface area (Å²) in [5.74, 6) is -1.80. The van der Waals surface area contributed by atoms with Gasteiger partial charge in [-0.15, -0.1) is 0 Å². The number of halogens is 2. The summed E-state index contributed by atoms with van der Waals surface area (Å²) in [6.07, 6.45) is 1.76. The molecule has 2 fully saturated rings. The Morgan fingerprint density at radius 1 is 1.15 bits per heavy atom. The van der Waals surface area contributed by atoms with Crippen LogP contribution in [0.25, 0.3) is 0 Å².